The van der Waals surface area contributed by atoms with Gasteiger partial charge in [0.1, 0.15) is 12.1 Å². The highest BCUT2D eigenvalue weighted by molar-refractivity contribution is 5.50. The van der Waals surface area contributed by atoms with Crippen LogP contribution >= 0.6 is 0 Å². The number of hydrogen-bond acceptors (Lipinski definition) is 4. The Morgan fingerprint density at radius 2 is 2.00 bits per heavy atom. The fraction of sp³-hybridized carbons (Fsp3) is 0.462. The number of aromatic nitrogens is 4. The first-order chi connectivity index (χ1) is 8.71. The maximum Gasteiger partial charge on any atom is 0.162 e. The maximum atomic E-state index is 4.60. The second-order valence-electron chi connectivity index (χ2n) is 4.17. The first-order valence-corrected chi connectivity index (χ1v) is 6.28. The Labute approximate surface area is 107 Å². The highest BCUT2D eigenvalue weighted by atomic mass is 15.3. The Morgan fingerprint density at radius 1 is 1.22 bits per heavy atom. The molecule has 5 heteroatoms. The van der Waals surface area contributed by atoms with Crippen LogP contribution in [-0.2, 0) is 12.8 Å². The monoisotopic (exact) mass is 245 g/mol. The van der Waals surface area contributed by atoms with Crippen LogP contribution in [0.1, 0.15) is 30.8 Å². The number of anilines is 1. The summed E-state index contributed by atoms with van der Waals surface area (Å²) in [6.07, 6.45) is 3.44. The SMILES string of the molecule is CCc1cc(CC)n(-c2ncnc(NC)c2C)n1. The Hall–Kier alpha value is -1.91. The molecule has 0 bridgehead atoms. The molecule has 2 rings (SSSR count). The molecule has 1 N–H and O–H groups in total. The zero-order valence-electron chi connectivity index (χ0n) is 11.4. The number of nitrogens with one attached hydrogen (secondary N) is 1. The Balaban J connectivity index is 2.57. The van der Waals surface area contributed by atoms with Gasteiger partial charge in [-0.15, -0.1) is 0 Å². The Bertz CT molecular complexity index is 544. The van der Waals surface area contributed by atoms with E-state index in [0.717, 1.165) is 35.7 Å². The van der Waals surface area contributed by atoms with Crippen LogP contribution in [0.15, 0.2) is 12.4 Å². The molecule has 0 amide bonds. The molecule has 0 fully saturated rings. The zero-order chi connectivity index (χ0) is 13.1. The van der Waals surface area contributed by atoms with E-state index in [1.807, 2.05) is 18.7 Å². The number of nitrogens with zero attached hydrogens (tertiary/aromatic N) is 4. The van der Waals surface area contributed by atoms with Crippen molar-refractivity contribution in [1.29, 1.82) is 0 Å². The van der Waals surface area contributed by atoms with Gasteiger partial charge in [-0.2, -0.15) is 5.10 Å². The molecule has 0 unspecified atom stereocenters. The smallest absolute Gasteiger partial charge is 0.162 e. The molecule has 0 aromatic carbocycles. The van der Waals surface area contributed by atoms with Gasteiger partial charge in [-0.25, -0.2) is 14.6 Å². The normalized spacial score (nSPS) is 10.7. The molecule has 2 heterocycles. The van der Waals surface area contributed by atoms with Gasteiger partial charge >= 0.3 is 0 Å². The Kier molecular flexibility index (Phi) is 3.60. The van der Waals surface area contributed by atoms with Crippen LogP contribution in [0.3, 0.4) is 0 Å². The highest BCUT2D eigenvalue weighted by Gasteiger charge is 2.13. The molecule has 0 aliphatic heterocycles. The van der Waals surface area contributed by atoms with Gasteiger partial charge in [-0.05, 0) is 25.8 Å². The number of hydrogen-bond donors (Lipinski definition) is 1. The van der Waals surface area contributed by atoms with Gasteiger partial charge in [-0.3, -0.25) is 0 Å². The van der Waals surface area contributed by atoms with Gasteiger partial charge in [0, 0.05) is 18.3 Å². The molecule has 0 aliphatic carbocycles. The molecule has 2 aromatic heterocycles. The molecular weight excluding hydrogens is 226 g/mol. The lowest BCUT2D eigenvalue weighted by molar-refractivity contribution is 0.762. The fourth-order valence-electron chi connectivity index (χ4n) is 1.99. The van der Waals surface area contributed by atoms with Crippen molar-refractivity contribution in [2.24, 2.45) is 0 Å². The first-order valence-electron chi connectivity index (χ1n) is 6.28. The number of rotatable bonds is 4. The molecule has 0 spiro atoms. The van der Waals surface area contributed by atoms with E-state index in [1.165, 1.54) is 5.69 Å². The van der Waals surface area contributed by atoms with Gasteiger partial charge in [0.2, 0.25) is 0 Å². The minimum atomic E-state index is 0.843. The average molecular weight is 245 g/mol. The van der Waals surface area contributed by atoms with Crippen LogP contribution in [-0.4, -0.2) is 26.8 Å². The van der Waals surface area contributed by atoms with Crippen molar-refractivity contribution >= 4 is 5.82 Å². The summed E-state index contributed by atoms with van der Waals surface area (Å²) in [7, 11) is 1.86. The molecular formula is C13H19N5. The molecule has 0 saturated heterocycles. The number of aryl methyl sites for hydroxylation is 2. The second-order valence-corrected chi connectivity index (χ2v) is 4.17. The van der Waals surface area contributed by atoms with Gasteiger partial charge in [0.05, 0.1) is 5.69 Å². The summed E-state index contributed by atoms with van der Waals surface area (Å²) in [6.45, 7) is 6.24. The van der Waals surface area contributed by atoms with Crippen molar-refractivity contribution in [1.82, 2.24) is 19.7 Å². The highest BCUT2D eigenvalue weighted by Crippen LogP contribution is 2.19. The third-order valence-corrected chi connectivity index (χ3v) is 3.05. The summed E-state index contributed by atoms with van der Waals surface area (Å²) in [5.41, 5.74) is 3.28. The van der Waals surface area contributed by atoms with E-state index in [-0.39, 0.29) is 0 Å². The molecule has 0 saturated carbocycles. The maximum absolute atomic E-state index is 4.60. The molecule has 5 nitrogen and oxygen atoms in total. The summed E-state index contributed by atoms with van der Waals surface area (Å²) < 4.78 is 1.93. The fourth-order valence-corrected chi connectivity index (χ4v) is 1.99. The molecule has 0 radical (unpaired) electrons. The summed E-state index contributed by atoms with van der Waals surface area (Å²) in [5.74, 6) is 1.70. The summed E-state index contributed by atoms with van der Waals surface area (Å²) >= 11 is 0. The summed E-state index contributed by atoms with van der Waals surface area (Å²) in [5, 5.41) is 7.68. The molecule has 0 atom stereocenters. The van der Waals surface area contributed by atoms with Gasteiger partial charge in [0.25, 0.3) is 0 Å². The molecule has 18 heavy (non-hydrogen) atoms. The molecule has 2 aromatic rings. The standard InChI is InChI=1S/C13H19N5/c1-5-10-7-11(6-2)18(17-10)13-9(3)12(14-4)15-8-16-13/h7-8H,5-6H2,1-4H3,(H,14,15,16). The van der Waals surface area contributed by atoms with Crippen LogP contribution in [0.5, 0.6) is 0 Å². The average Bonchev–Trinajstić information content (AvgIpc) is 2.82. The predicted octanol–water partition coefficient (Wildman–Crippen LogP) is 2.14. The first kappa shape index (κ1) is 12.5. The predicted molar refractivity (Wildman–Crippen MR) is 72.2 cm³/mol. The topological polar surface area (TPSA) is 55.6 Å². The van der Waals surface area contributed by atoms with E-state index in [9.17, 15) is 0 Å². The summed E-state index contributed by atoms with van der Waals surface area (Å²) in [6, 6.07) is 2.14. The van der Waals surface area contributed by atoms with E-state index in [1.54, 1.807) is 6.33 Å². The third-order valence-electron chi connectivity index (χ3n) is 3.05. The van der Waals surface area contributed by atoms with Crippen LogP contribution in [0, 0.1) is 6.92 Å². The van der Waals surface area contributed by atoms with E-state index < -0.39 is 0 Å². The Morgan fingerprint density at radius 3 is 2.61 bits per heavy atom. The lowest BCUT2D eigenvalue weighted by Gasteiger charge is -2.10. The summed E-state index contributed by atoms with van der Waals surface area (Å²) in [4.78, 5) is 8.56. The van der Waals surface area contributed by atoms with Crippen molar-refractivity contribution in [3.8, 4) is 5.82 Å². The minimum Gasteiger partial charge on any atom is -0.373 e. The van der Waals surface area contributed by atoms with Crippen molar-refractivity contribution in [2.45, 2.75) is 33.6 Å². The third kappa shape index (κ3) is 2.08. The van der Waals surface area contributed by atoms with Crippen molar-refractivity contribution in [3.63, 3.8) is 0 Å². The van der Waals surface area contributed by atoms with E-state index in [2.05, 4.69) is 40.3 Å². The second kappa shape index (κ2) is 5.16. The van der Waals surface area contributed by atoms with Gasteiger partial charge in [-0.1, -0.05) is 13.8 Å². The van der Waals surface area contributed by atoms with Crippen LogP contribution in [0.4, 0.5) is 5.82 Å². The van der Waals surface area contributed by atoms with Crippen LogP contribution in [0.2, 0.25) is 0 Å². The van der Waals surface area contributed by atoms with Crippen LogP contribution < -0.4 is 5.32 Å². The quantitative estimate of drug-likeness (QED) is 0.896. The van der Waals surface area contributed by atoms with Crippen molar-refractivity contribution in [2.75, 3.05) is 12.4 Å². The van der Waals surface area contributed by atoms with Crippen molar-refractivity contribution < 1.29 is 0 Å². The largest absolute Gasteiger partial charge is 0.373 e. The van der Waals surface area contributed by atoms with Gasteiger partial charge < -0.3 is 5.32 Å². The van der Waals surface area contributed by atoms with E-state index in [4.69, 9.17) is 0 Å². The lowest BCUT2D eigenvalue weighted by atomic mass is 10.2. The van der Waals surface area contributed by atoms with Crippen molar-refractivity contribution in [3.05, 3.63) is 29.3 Å². The van der Waals surface area contributed by atoms with Crippen LogP contribution in [0.25, 0.3) is 5.82 Å². The lowest BCUT2D eigenvalue weighted by Crippen LogP contribution is -2.09. The van der Waals surface area contributed by atoms with E-state index in [0.29, 0.717) is 0 Å². The minimum absolute atomic E-state index is 0.843. The van der Waals surface area contributed by atoms with E-state index >= 15 is 0 Å². The zero-order valence-corrected chi connectivity index (χ0v) is 11.4. The molecule has 0 aliphatic rings. The van der Waals surface area contributed by atoms with Gasteiger partial charge in [0.15, 0.2) is 5.82 Å². The molecule has 96 valence electrons.